The van der Waals surface area contributed by atoms with Crippen LogP contribution in [0.15, 0.2) is 29.9 Å². The van der Waals surface area contributed by atoms with Crippen molar-refractivity contribution < 1.29 is 4.74 Å². The van der Waals surface area contributed by atoms with Crippen LogP contribution in [-0.2, 0) is 11.2 Å². The first-order valence-corrected chi connectivity index (χ1v) is 7.05. The van der Waals surface area contributed by atoms with Crippen molar-refractivity contribution in [1.29, 1.82) is 0 Å². The van der Waals surface area contributed by atoms with Gasteiger partial charge in [0.2, 0.25) is 0 Å². The van der Waals surface area contributed by atoms with Crippen LogP contribution >= 0.6 is 23.7 Å². The Balaban J connectivity index is 0.00000133. The first kappa shape index (κ1) is 14.5. The van der Waals surface area contributed by atoms with Crippen LogP contribution in [0.25, 0.3) is 10.4 Å². The van der Waals surface area contributed by atoms with Crippen molar-refractivity contribution in [2.24, 2.45) is 0 Å². The molecular weight excluding hydrogens is 280 g/mol. The van der Waals surface area contributed by atoms with E-state index in [1.807, 2.05) is 18.8 Å². The first-order chi connectivity index (χ1) is 8.90. The van der Waals surface area contributed by atoms with Crippen molar-refractivity contribution >= 4 is 23.7 Å². The van der Waals surface area contributed by atoms with Crippen molar-refractivity contribution in [2.75, 3.05) is 20.2 Å². The van der Waals surface area contributed by atoms with Gasteiger partial charge in [-0.1, -0.05) is 18.2 Å². The summed E-state index contributed by atoms with van der Waals surface area (Å²) < 4.78 is 5.84. The topological polar surface area (TPSA) is 34.1 Å². The highest BCUT2D eigenvalue weighted by molar-refractivity contribution is 7.13. The van der Waals surface area contributed by atoms with E-state index in [9.17, 15) is 0 Å². The zero-order valence-corrected chi connectivity index (χ0v) is 12.4. The molecule has 1 aromatic heterocycles. The van der Waals surface area contributed by atoms with Gasteiger partial charge in [-0.25, -0.2) is 0 Å². The number of nitrogens with zero attached hydrogens (tertiary/aromatic N) is 1. The molecule has 0 saturated heterocycles. The van der Waals surface area contributed by atoms with E-state index in [2.05, 4.69) is 28.5 Å². The van der Waals surface area contributed by atoms with Gasteiger partial charge in [-0.05, 0) is 30.2 Å². The smallest absolute Gasteiger partial charge is 0.0952 e. The predicted molar refractivity (Wildman–Crippen MR) is 81.1 cm³/mol. The Labute approximate surface area is 123 Å². The lowest BCUT2D eigenvalue weighted by molar-refractivity contribution is 0.0440. The monoisotopic (exact) mass is 296 g/mol. The van der Waals surface area contributed by atoms with E-state index in [1.165, 1.54) is 21.6 Å². The average molecular weight is 297 g/mol. The number of halogens is 1. The second kappa shape index (κ2) is 6.48. The summed E-state index contributed by atoms with van der Waals surface area (Å²) >= 11 is 1.70. The number of rotatable bonds is 3. The quantitative estimate of drug-likeness (QED) is 0.945. The van der Waals surface area contributed by atoms with E-state index >= 15 is 0 Å². The van der Waals surface area contributed by atoms with Gasteiger partial charge in [0, 0.05) is 12.7 Å². The van der Waals surface area contributed by atoms with Gasteiger partial charge in [0.15, 0.2) is 0 Å². The Kier molecular flexibility index (Phi) is 4.93. The summed E-state index contributed by atoms with van der Waals surface area (Å²) in [5.41, 5.74) is 5.95. The first-order valence-electron chi connectivity index (χ1n) is 6.17. The number of hydrogen-bond donors (Lipinski definition) is 1. The molecule has 1 aliphatic heterocycles. The lowest BCUT2D eigenvalue weighted by atomic mass is 9.92. The molecule has 0 spiro atoms. The zero-order valence-electron chi connectivity index (χ0n) is 10.8. The molecule has 0 fully saturated rings. The van der Waals surface area contributed by atoms with Gasteiger partial charge >= 0.3 is 0 Å². The molecule has 1 aromatic carbocycles. The Morgan fingerprint density at radius 2 is 2.37 bits per heavy atom. The van der Waals surface area contributed by atoms with Crippen LogP contribution in [0.1, 0.15) is 17.2 Å². The number of aromatic nitrogens is 1. The van der Waals surface area contributed by atoms with Gasteiger partial charge in [-0.2, -0.15) is 0 Å². The maximum Gasteiger partial charge on any atom is 0.0952 e. The number of fused-ring (bicyclic) bond motifs is 1. The highest BCUT2D eigenvalue weighted by Crippen LogP contribution is 2.35. The van der Waals surface area contributed by atoms with Crippen LogP contribution in [0.3, 0.4) is 0 Å². The van der Waals surface area contributed by atoms with Gasteiger partial charge in [-0.15, -0.1) is 23.7 Å². The third-order valence-electron chi connectivity index (χ3n) is 3.32. The van der Waals surface area contributed by atoms with Gasteiger partial charge in [-0.3, -0.25) is 4.98 Å². The second-order valence-corrected chi connectivity index (χ2v) is 5.29. The van der Waals surface area contributed by atoms with Crippen molar-refractivity contribution in [3.05, 3.63) is 41.0 Å². The van der Waals surface area contributed by atoms with Crippen LogP contribution in [0.4, 0.5) is 0 Å². The summed E-state index contributed by atoms with van der Waals surface area (Å²) in [6.07, 6.45) is 3.11. The minimum absolute atomic E-state index is 0. The van der Waals surface area contributed by atoms with E-state index in [0.29, 0.717) is 0 Å². The van der Waals surface area contributed by atoms with E-state index in [1.54, 1.807) is 11.3 Å². The molecule has 1 aliphatic rings. The zero-order chi connectivity index (χ0) is 12.4. The Morgan fingerprint density at radius 3 is 3.11 bits per heavy atom. The van der Waals surface area contributed by atoms with Crippen molar-refractivity contribution in [2.45, 2.75) is 12.5 Å². The minimum Gasteiger partial charge on any atom is -0.372 e. The number of likely N-dealkylation sites (N-methyl/N-ethyl adjacent to an activating group) is 1. The van der Waals surface area contributed by atoms with Crippen LogP contribution in [0.2, 0.25) is 0 Å². The number of ether oxygens (including phenoxy) is 1. The Hall–Kier alpha value is -0.940. The van der Waals surface area contributed by atoms with Gasteiger partial charge < -0.3 is 10.1 Å². The van der Waals surface area contributed by atoms with Crippen LogP contribution in [0, 0.1) is 0 Å². The SMILES string of the molecule is CNCC1OCCc2c(-c3cncs3)cccc21.Cl. The molecule has 1 atom stereocenters. The number of hydrogen-bond acceptors (Lipinski definition) is 4. The third-order valence-corrected chi connectivity index (χ3v) is 4.12. The summed E-state index contributed by atoms with van der Waals surface area (Å²) in [6, 6.07) is 6.49. The lowest BCUT2D eigenvalue weighted by Gasteiger charge is -2.27. The highest BCUT2D eigenvalue weighted by Gasteiger charge is 2.22. The molecule has 0 aliphatic carbocycles. The predicted octanol–water partition coefficient (Wildman–Crippen LogP) is 3.07. The van der Waals surface area contributed by atoms with Crippen LogP contribution < -0.4 is 5.32 Å². The molecule has 2 heterocycles. The van der Waals surface area contributed by atoms with E-state index < -0.39 is 0 Å². The Bertz CT molecular complexity index is 530. The Morgan fingerprint density at radius 1 is 1.47 bits per heavy atom. The molecule has 0 bridgehead atoms. The van der Waals surface area contributed by atoms with Gasteiger partial charge in [0.1, 0.15) is 0 Å². The summed E-state index contributed by atoms with van der Waals surface area (Å²) in [6.45, 7) is 1.66. The molecule has 0 saturated carbocycles. The fourth-order valence-corrected chi connectivity index (χ4v) is 3.19. The second-order valence-electron chi connectivity index (χ2n) is 4.41. The van der Waals surface area contributed by atoms with Crippen molar-refractivity contribution in [1.82, 2.24) is 10.3 Å². The number of thiazole rings is 1. The van der Waals surface area contributed by atoms with Crippen molar-refractivity contribution in [3.8, 4) is 10.4 Å². The standard InChI is InChI=1S/C14H16N2OS.ClH/c1-15-7-13-11-3-2-4-12(10(11)5-6-17-13)14-8-16-9-18-14;/h2-4,8-9,13,15H,5-7H2,1H3;1H. The fourth-order valence-electron chi connectivity index (χ4n) is 2.51. The minimum atomic E-state index is 0. The van der Waals surface area contributed by atoms with Gasteiger partial charge in [0.25, 0.3) is 0 Å². The third kappa shape index (κ3) is 2.82. The molecule has 0 amide bonds. The lowest BCUT2D eigenvalue weighted by Crippen LogP contribution is -2.25. The molecule has 1 unspecified atom stereocenters. The number of nitrogens with one attached hydrogen (secondary N) is 1. The van der Waals surface area contributed by atoms with Crippen LogP contribution in [-0.4, -0.2) is 25.2 Å². The molecule has 1 N–H and O–H groups in total. The molecule has 5 heteroatoms. The summed E-state index contributed by atoms with van der Waals surface area (Å²) in [4.78, 5) is 5.42. The maximum absolute atomic E-state index is 5.84. The van der Waals surface area contributed by atoms with E-state index in [4.69, 9.17) is 4.74 Å². The van der Waals surface area contributed by atoms with Gasteiger partial charge in [0.05, 0.1) is 23.1 Å². The van der Waals surface area contributed by atoms with Crippen LogP contribution in [0.5, 0.6) is 0 Å². The highest BCUT2D eigenvalue weighted by atomic mass is 35.5. The molecular formula is C14H17ClN2OS. The largest absolute Gasteiger partial charge is 0.372 e. The molecule has 2 aromatic rings. The number of benzene rings is 1. The van der Waals surface area contributed by atoms with E-state index in [-0.39, 0.29) is 18.5 Å². The molecule has 102 valence electrons. The maximum atomic E-state index is 5.84. The van der Waals surface area contributed by atoms with Crippen molar-refractivity contribution in [3.63, 3.8) is 0 Å². The molecule has 3 nitrogen and oxygen atoms in total. The summed E-state index contributed by atoms with van der Waals surface area (Å²) in [5.74, 6) is 0. The van der Waals surface area contributed by atoms with E-state index in [0.717, 1.165) is 19.6 Å². The average Bonchev–Trinajstić information content (AvgIpc) is 2.93. The molecule has 3 rings (SSSR count). The molecule has 0 radical (unpaired) electrons. The summed E-state index contributed by atoms with van der Waals surface area (Å²) in [7, 11) is 1.96. The molecule has 19 heavy (non-hydrogen) atoms. The normalized spacial score (nSPS) is 17.6. The summed E-state index contributed by atoms with van der Waals surface area (Å²) in [5, 5.41) is 3.20. The fraction of sp³-hybridized carbons (Fsp3) is 0.357.